The van der Waals surface area contributed by atoms with Gasteiger partial charge in [-0.1, -0.05) is 49.7 Å². The SMILES string of the molecule is Cc1sc(C(C)C)nc1-c1ccc2[nH]c(-c3ccccc3Cl)cc2c1. The molecule has 0 amide bonds. The minimum atomic E-state index is 0.459. The Labute approximate surface area is 156 Å². The summed E-state index contributed by atoms with van der Waals surface area (Å²) in [6, 6.07) is 16.5. The summed E-state index contributed by atoms with van der Waals surface area (Å²) < 4.78 is 0. The molecule has 0 unspecified atom stereocenters. The number of nitrogens with one attached hydrogen (secondary N) is 1. The first-order chi connectivity index (χ1) is 12.0. The normalized spacial score (nSPS) is 11.6. The second-order valence-electron chi connectivity index (χ2n) is 6.58. The molecule has 2 heterocycles. The second-order valence-corrected chi connectivity index (χ2v) is 8.22. The van der Waals surface area contributed by atoms with E-state index in [1.54, 1.807) is 11.3 Å². The van der Waals surface area contributed by atoms with Gasteiger partial charge in [-0.05, 0) is 31.2 Å². The first kappa shape index (κ1) is 16.4. The minimum Gasteiger partial charge on any atom is -0.354 e. The molecule has 0 radical (unpaired) electrons. The van der Waals surface area contributed by atoms with Crippen LogP contribution in [0.25, 0.3) is 33.4 Å². The van der Waals surface area contributed by atoms with Gasteiger partial charge < -0.3 is 4.98 Å². The molecule has 0 aliphatic carbocycles. The number of halogens is 1. The van der Waals surface area contributed by atoms with Crippen molar-refractivity contribution in [1.29, 1.82) is 0 Å². The quantitative estimate of drug-likeness (QED) is 0.413. The van der Waals surface area contributed by atoms with Crippen molar-refractivity contribution in [3.8, 4) is 22.5 Å². The smallest absolute Gasteiger partial charge is 0.0960 e. The summed E-state index contributed by atoms with van der Waals surface area (Å²) in [5, 5.41) is 3.12. The number of H-pyrrole nitrogens is 1. The Morgan fingerprint density at radius 1 is 1.08 bits per heavy atom. The number of hydrogen-bond donors (Lipinski definition) is 1. The van der Waals surface area contributed by atoms with Crippen LogP contribution in [0.2, 0.25) is 5.02 Å². The average molecular weight is 367 g/mol. The summed E-state index contributed by atoms with van der Waals surface area (Å²) in [6.07, 6.45) is 0. The van der Waals surface area contributed by atoms with Crippen molar-refractivity contribution in [2.75, 3.05) is 0 Å². The molecule has 0 bridgehead atoms. The molecule has 126 valence electrons. The van der Waals surface area contributed by atoms with Gasteiger partial charge in [0.25, 0.3) is 0 Å². The van der Waals surface area contributed by atoms with E-state index in [0.717, 1.165) is 33.1 Å². The van der Waals surface area contributed by atoms with Crippen LogP contribution in [0.1, 0.15) is 29.7 Å². The highest BCUT2D eigenvalue weighted by Crippen LogP contribution is 2.34. The van der Waals surface area contributed by atoms with Gasteiger partial charge in [0.15, 0.2) is 0 Å². The Kier molecular flexibility index (Phi) is 4.14. The van der Waals surface area contributed by atoms with E-state index in [-0.39, 0.29) is 0 Å². The van der Waals surface area contributed by atoms with E-state index in [1.165, 1.54) is 15.3 Å². The maximum Gasteiger partial charge on any atom is 0.0960 e. The largest absolute Gasteiger partial charge is 0.354 e. The van der Waals surface area contributed by atoms with Gasteiger partial charge >= 0.3 is 0 Å². The maximum atomic E-state index is 6.34. The zero-order valence-corrected chi connectivity index (χ0v) is 16.0. The average Bonchev–Trinajstić information content (AvgIpc) is 3.18. The molecule has 0 fully saturated rings. The number of aromatic amines is 1. The van der Waals surface area contributed by atoms with Gasteiger partial charge in [-0.2, -0.15) is 0 Å². The molecule has 0 aliphatic heterocycles. The van der Waals surface area contributed by atoms with Gasteiger partial charge in [0.05, 0.1) is 10.7 Å². The minimum absolute atomic E-state index is 0.459. The van der Waals surface area contributed by atoms with Gasteiger partial charge in [0.2, 0.25) is 0 Å². The van der Waals surface area contributed by atoms with E-state index in [0.29, 0.717) is 5.92 Å². The van der Waals surface area contributed by atoms with Gasteiger partial charge in [-0.15, -0.1) is 11.3 Å². The molecule has 0 saturated heterocycles. The lowest BCUT2D eigenvalue weighted by molar-refractivity contribution is 0.853. The summed E-state index contributed by atoms with van der Waals surface area (Å²) in [7, 11) is 0. The molecular formula is C21H19ClN2S. The van der Waals surface area contributed by atoms with Crippen LogP contribution in [0.5, 0.6) is 0 Å². The fourth-order valence-electron chi connectivity index (χ4n) is 3.04. The molecule has 4 heteroatoms. The van der Waals surface area contributed by atoms with Gasteiger partial charge in [0, 0.05) is 43.5 Å². The third-order valence-corrected chi connectivity index (χ3v) is 5.97. The maximum absolute atomic E-state index is 6.34. The van der Waals surface area contributed by atoms with Crippen LogP contribution >= 0.6 is 22.9 Å². The number of fused-ring (bicyclic) bond motifs is 1. The monoisotopic (exact) mass is 366 g/mol. The molecule has 0 aliphatic rings. The van der Waals surface area contributed by atoms with Crippen LogP contribution < -0.4 is 0 Å². The zero-order chi connectivity index (χ0) is 17.6. The van der Waals surface area contributed by atoms with Crippen molar-refractivity contribution in [3.63, 3.8) is 0 Å². The Morgan fingerprint density at radius 2 is 1.88 bits per heavy atom. The van der Waals surface area contributed by atoms with E-state index in [4.69, 9.17) is 16.6 Å². The lowest BCUT2D eigenvalue weighted by Gasteiger charge is -2.00. The predicted molar refractivity (Wildman–Crippen MR) is 109 cm³/mol. The fourth-order valence-corrected chi connectivity index (χ4v) is 4.22. The summed E-state index contributed by atoms with van der Waals surface area (Å²) >= 11 is 8.13. The van der Waals surface area contributed by atoms with E-state index in [9.17, 15) is 0 Å². The molecule has 0 atom stereocenters. The molecule has 0 spiro atoms. The van der Waals surface area contributed by atoms with Crippen LogP contribution in [-0.2, 0) is 0 Å². The van der Waals surface area contributed by atoms with E-state index < -0.39 is 0 Å². The molecule has 0 saturated carbocycles. The van der Waals surface area contributed by atoms with Crippen molar-refractivity contribution in [2.45, 2.75) is 26.7 Å². The number of rotatable bonds is 3. The van der Waals surface area contributed by atoms with Crippen LogP contribution in [0.3, 0.4) is 0 Å². The lowest BCUT2D eigenvalue weighted by Crippen LogP contribution is -1.86. The van der Waals surface area contributed by atoms with Crippen molar-refractivity contribution < 1.29 is 0 Å². The zero-order valence-electron chi connectivity index (χ0n) is 14.4. The summed E-state index contributed by atoms with van der Waals surface area (Å²) in [6.45, 7) is 6.52. The van der Waals surface area contributed by atoms with Crippen LogP contribution in [0.15, 0.2) is 48.5 Å². The number of thiazole rings is 1. The summed E-state index contributed by atoms with van der Waals surface area (Å²) in [4.78, 5) is 9.59. The molecular weight excluding hydrogens is 348 g/mol. The Hall–Kier alpha value is -2.10. The first-order valence-electron chi connectivity index (χ1n) is 8.38. The Morgan fingerprint density at radius 3 is 2.60 bits per heavy atom. The number of hydrogen-bond acceptors (Lipinski definition) is 2. The predicted octanol–water partition coefficient (Wildman–Crippen LogP) is 7.04. The highest BCUT2D eigenvalue weighted by atomic mass is 35.5. The number of benzene rings is 2. The van der Waals surface area contributed by atoms with Gasteiger partial charge in [-0.25, -0.2) is 4.98 Å². The standard InChI is InChI=1S/C21H19ClN2S/c1-12(2)21-24-20(13(3)25-21)14-8-9-18-15(10-14)11-19(23-18)16-6-4-5-7-17(16)22/h4-12,23H,1-3H3. The number of aryl methyl sites for hydroxylation is 1. The molecule has 2 aromatic carbocycles. The highest BCUT2D eigenvalue weighted by molar-refractivity contribution is 7.12. The van der Waals surface area contributed by atoms with Crippen LogP contribution in [0, 0.1) is 6.92 Å². The molecule has 1 N–H and O–H groups in total. The second kappa shape index (κ2) is 6.32. The van der Waals surface area contributed by atoms with Crippen molar-refractivity contribution in [2.24, 2.45) is 0 Å². The number of aromatic nitrogens is 2. The lowest BCUT2D eigenvalue weighted by atomic mass is 10.1. The van der Waals surface area contributed by atoms with Gasteiger partial charge in [-0.3, -0.25) is 0 Å². The number of nitrogens with zero attached hydrogens (tertiary/aromatic N) is 1. The first-order valence-corrected chi connectivity index (χ1v) is 9.58. The summed E-state index contributed by atoms with van der Waals surface area (Å²) in [5.41, 5.74) is 5.43. The van der Waals surface area contributed by atoms with Crippen molar-refractivity contribution in [3.05, 3.63) is 63.4 Å². The highest BCUT2D eigenvalue weighted by Gasteiger charge is 2.13. The van der Waals surface area contributed by atoms with E-state index >= 15 is 0 Å². The Bertz CT molecular complexity index is 1060. The van der Waals surface area contributed by atoms with E-state index in [2.05, 4.69) is 50.0 Å². The molecule has 25 heavy (non-hydrogen) atoms. The molecule has 4 rings (SSSR count). The van der Waals surface area contributed by atoms with Crippen LogP contribution in [-0.4, -0.2) is 9.97 Å². The third-order valence-electron chi connectivity index (χ3n) is 4.37. The topological polar surface area (TPSA) is 28.7 Å². The Balaban J connectivity index is 1.80. The summed E-state index contributed by atoms with van der Waals surface area (Å²) in [5.74, 6) is 0.459. The van der Waals surface area contributed by atoms with Crippen molar-refractivity contribution >= 4 is 33.8 Å². The van der Waals surface area contributed by atoms with E-state index in [1.807, 2.05) is 24.3 Å². The molecule has 2 aromatic heterocycles. The third kappa shape index (κ3) is 2.99. The van der Waals surface area contributed by atoms with Crippen molar-refractivity contribution in [1.82, 2.24) is 9.97 Å². The molecule has 4 aromatic rings. The fraction of sp³-hybridized carbons (Fsp3) is 0.190. The van der Waals surface area contributed by atoms with Crippen LogP contribution in [0.4, 0.5) is 0 Å². The molecule has 2 nitrogen and oxygen atoms in total. The van der Waals surface area contributed by atoms with Gasteiger partial charge in [0.1, 0.15) is 0 Å².